The average Bonchev–Trinajstić information content (AvgIpc) is 3.15. The van der Waals surface area contributed by atoms with Crippen molar-refractivity contribution in [3.63, 3.8) is 0 Å². The number of thioether (sulfide) groups is 1. The molecule has 0 saturated heterocycles. The first-order valence-electron chi connectivity index (χ1n) is 10.2. The van der Waals surface area contributed by atoms with Crippen LogP contribution in [0.3, 0.4) is 0 Å². The number of carbonyl (C=O) groups excluding carboxylic acids is 2. The summed E-state index contributed by atoms with van der Waals surface area (Å²) in [5.74, 6) is -0.769. The van der Waals surface area contributed by atoms with Gasteiger partial charge in [-0.25, -0.2) is 4.39 Å². The van der Waals surface area contributed by atoms with Crippen LogP contribution in [0, 0.1) is 5.82 Å². The van der Waals surface area contributed by atoms with E-state index in [1.54, 1.807) is 12.1 Å². The SMILES string of the molecule is NC(=O)CSc1ccccc1NC(=O)CCc1c(-c2ccccc2)[nH]c2ccc(F)cc12. The van der Waals surface area contributed by atoms with Crippen molar-refractivity contribution in [3.05, 3.63) is 84.2 Å². The minimum Gasteiger partial charge on any atom is -0.369 e. The maximum Gasteiger partial charge on any atom is 0.227 e. The summed E-state index contributed by atoms with van der Waals surface area (Å²) in [7, 11) is 0. The van der Waals surface area contributed by atoms with E-state index in [1.165, 1.54) is 23.9 Å². The van der Waals surface area contributed by atoms with Gasteiger partial charge in [0.15, 0.2) is 0 Å². The van der Waals surface area contributed by atoms with Gasteiger partial charge in [0.2, 0.25) is 11.8 Å². The lowest BCUT2D eigenvalue weighted by Crippen LogP contribution is -2.15. The number of H-pyrrole nitrogens is 1. The molecule has 0 radical (unpaired) electrons. The number of halogens is 1. The van der Waals surface area contributed by atoms with Gasteiger partial charge in [-0.3, -0.25) is 9.59 Å². The number of aryl methyl sites for hydroxylation is 1. The molecule has 4 rings (SSSR count). The van der Waals surface area contributed by atoms with Crippen molar-refractivity contribution >= 4 is 40.2 Å². The molecule has 0 aliphatic rings. The number of carbonyl (C=O) groups is 2. The highest BCUT2D eigenvalue weighted by molar-refractivity contribution is 8.00. The number of aromatic nitrogens is 1. The summed E-state index contributed by atoms with van der Waals surface area (Å²) < 4.78 is 14.0. The molecule has 2 amide bonds. The van der Waals surface area contributed by atoms with Crippen molar-refractivity contribution in [3.8, 4) is 11.3 Å². The first-order valence-corrected chi connectivity index (χ1v) is 11.2. The lowest BCUT2D eigenvalue weighted by Gasteiger charge is -2.11. The molecule has 1 heterocycles. The second-order valence-corrected chi connectivity index (χ2v) is 8.35. The van der Waals surface area contributed by atoms with Gasteiger partial charge in [0, 0.05) is 27.9 Å². The Balaban J connectivity index is 1.55. The van der Waals surface area contributed by atoms with Crippen molar-refractivity contribution < 1.29 is 14.0 Å². The second kappa shape index (κ2) is 9.70. The highest BCUT2D eigenvalue weighted by Gasteiger charge is 2.16. The third kappa shape index (κ3) is 5.00. The number of hydrogen-bond donors (Lipinski definition) is 3. The van der Waals surface area contributed by atoms with E-state index in [-0.39, 0.29) is 23.9 Å². The zero-order chi connectivity index (χ0) is 22.5. The molecule has 162 valence electrons. The molecule has 0 aliphatic carbocycles. The van der Waals surface area contributed by atoms with Crippen molar-refractivity contribution in [1.29, 1.82) is 0 Å². The number of amides is 2. The van der Waals surface area contributed by atoms with Crippen molar-refractivity contribution in [1.82, 2.24) is 4.98 Å². The molecule has 7 heteroatoms. The number of nitrogens with one attached hydrogen (secondary N) is 2. The molecule has 0 aliphatic heterocycles. The summed E-state index contributed by atoms with van der Waals surface area (Å²) in [6.45, 7) is 0. The predicted molar refractivity (Wildman–Crippen MR) is 127 cm³/mol. The van der Waals surface area contributed by atoms with Gasteiger partial charge in [-0.15, -0.1) is 11.8 Å². The summed E-state index contributed by atoms with van der Waals surface area (Å²) in [6, 6.07) is 21.7. The highest BCUT2D eigenvalue weighted by Crippen LogP contribution is 2.32. The van der Waals surface area contributed by atoms with Gasteiger partial charge < -0.3 is 16.0 Å². The van der Waals surface area contributed by atoms with Crippen LogP contribution in [-0.2, 0) is 16.0 Å². The van der Waals surface area contributed by atoms with Crippen LogP contribution >= 0.6 is 11.8 Å². The quantitative estimate of drug-likeness (QED) is 0.328. The van der Waals surface area contributed by atoms with Gasteiger partial charge in [-0.05, 0) is 47.9 Å². The largest absolute Gasteiger partial charge is 0.369 e. The Morgan fingerprint density at radius 3 is 2.53 bits per heavy atom. The van der Waals surface area contributed by atoms with Gasteiger partial charge in [-0.1, -0.05) is 42.5 Å². The minimum atomic E-state index is -0.420. The Hall–Kier alpha value is -3.58. The number of fused-ring (bicyclic) bond motifs is 1. The topological polar surface area (TPSA) is 88.0 Å². The van der Waals surface area contributed by atoms with E-state index in [2.05, 4.69) is 10.3 Å². The molecule has 0 fully saturated rings. The van der Waals surface area contributed by atoms with Crippen LogP contribution in [0.5, 0.6) is 0 Å². The van der Waals surface area contributed by atoms with E-state index in [9.17, 15) is 14.0 Å². The Morgan fingerprint density at radius 2 is 1.75 bits per heavy atom. The van der Waals surface area contributed by atoms with Gasteiger partial charge in [0.05, 0.1) is 11.4 Å². The van der Waals surface area contributed by atoms with Gasteiger partial charge in [0.25, 0.3) is 0 Å². The normalized spacial score (nSPS) is 10.9. The number of para-hydroxylation sites is 1. The number of benzene rings is 3. The van der Waals surface area contributed by atoms with E-state index in [1.807, 2.05) is 48.5 Å². The van der Waals surface area contributed by atoms with Crippen molar-refractivity contribution in [2.24, 2.45) is 5.73 Å². The number of primary amides is 1. The summed E-state index contributed by atoms with van der Waals surface area (Å²) in [5, 5.41) is 3.69. The summed E-state index contributed by atoms with van der Waals surface area (Å²) in [4.78, 5) is 28.0. The lowest BCUT2D eigenvalue weighted by atomic mass is 10.0. The molecule has 0 saturated carbocycles. The van der Waals surface area contributed by atoms with Crippen LogP contribution in [0.4, 0.5) is 10.1 Å². The molecule has 0 bridgehead atoms. The first-order chi connectivity index (χ1) is 15.5. The smallest absolute Gasteiger partial charge is 0.227 e. The Morgan fingerprint density at radius 1 is 1.00 bits per heavy atom. The monoisotopic (exact) mass is 447 g/mol. The van der Waals surface area contributed by atoms with Gasteiger partial charge >= 0.3 is 0 Å². The van der Waals surface area contributed by atoms with Crippen LogP contribution in [0.1, 0.15) is 12.0 Å². The average molecular weight is 448 g/mol. The molecule has 32 heavy (non-hydrogen) atoms. The fourth-order valence-corrected chi connectivity index (χ4v) is 4.37. The Kier molecular flexibility index (Phi) is 6.56. The molecule has 5 nitrogen and oxygen atoms in total. The standard InChI is InChI=1S/C25H22FN3O2S/c26-17-10-12-20-19(14-17)18(25(29-20)16-6-2-1-3-7-16)11-13-24(31)28-21-8-4-5-9-22(21)32-15-23(27)30/h1-10,12,14,29H,11,13,15H2,(H2,27,30)(H,28,31). The number of rotatable bonds is 8. The second-order valence-electron chi connectivity index (χ2n) is 7.33. The molecule has 0 atom stereocenters. The molecule has 4 N–H and O–H groups in total. The number of nitrogens with two attached hydrogens (primary N) is 1. The summed E-state index contributed by atoms with van der Waals surface area (Å²) in [6.07, 6.45) is 0.661. The zero-order valence-corrected chi connectivity index (χ0v) is 18.0. The third-order valence-electron chi connectivity index (χ3n) is 5.06. The van der Waals surface area contributed by atoms with E-state index < -0.39 is 5.91 Å². The predicted octanol–water partition coefficient (Wildman–Crippen LogP) is 5.12. The van der Waals surface area contributed by atoms with Crippen molar-refractivity contribution in [2.75, 3.05) is 11.1 Å². The number of aromatic amines is 1. The maximum absolute atomic E-state index is 14.0. The van der Waals surface area contributed by atoms with E-state index >= 15 is 0 Å². The third-order valence-corrected chi connectivity index (χ3v) is 6.16. The summed E-state index contributed by atoms with van der Waals surface area (Å²) in [5.41, 5.74) is 9.46. The fraction of sp³-hybridized carbons (Fsp3) is 0.120. The minimum absolute atomic E-state index is 0.133. The highest BCUT2D eigenvalue weighted by atomic mass is 32.2. The molecular weight excluding hydrogens is 425 g/mol. The van der Waals surface area contributed by atoms with E-state index in [0.717, 1.165) is 32.6 Å². The van der Waals surface area contributed by atoms with Crippen LogP contribution in [0.25, 0.3) is 22.2 Å². The van der Waals surface area contributed by atoms with Gasteiger partial charge in [-0.2, -0.15) is 0 Å². The first kappa shape index (κ1) is 21.6. The molecule has 4 aromatic rings. The number of hydrogen-bond acceptors (Lipinski definition) is 3. The molecule has 0 unspecified atom stereocenters. The zero-order valence-electron chi connectivity index (χ0n) is 17.2. The molecular formula is C25H22FN3O2S. The van der Waals surface area contributed by atoms with Crippen LogP contribution < -0.4 is 11.1 Å². The molecule has 0 spiro atoms. The Bertz CT molecular complexity index is 1270. The Labute approximate surface area is 189 Å². The van der Waals surface area contributed by atoms with E-state index in [0.29, 0.717) is 12.1 Å². The van der Waals surface area contributed by atoms with Crippen LogP contribution in [0.2, 0.25) is 0 Å². The molecule has 3 aromatic carbocycles. The van der Waals surface area contributed by atoms with Crippen molar-refractivity contribution in [2.45, 2.75) is 17.7 Å². The fourth-order valence-electron chi connectivity index (χ4n) is 3.63. The van der Waals surface area contributed by atoms with E-state index in [4.69, 9.17) is 5.73 Å². The summed E-state index contributed by atoms with van der Waals surface area (Å²) >= 11 is 1.28. The van der Waals surface area contributed by atoms with Gasteiger partial charge in [0.1, 0.15) is 5.82 Å². The molecule has 1 aromatic heterocycles. The number of anilines is 1. The van der Waals surface area contributed by atoms with Crippen LogP contribution in [-0.4, -0.2) is 22.6 Å². The van der Waals surface area contributed by atoms with Crippen LogP contribution in [0.15, 0.2) is 77.7 Å². The lowest BCUT2D eigenvalue weighted by molar-refractivity contribution is -0.116. The maximum atomic E-state index is 14.0.